The first kappa shape index (κ1) is 20.9. The summed E-state index contributed by atoms with van der Waals surface area (Å²) in [7, 11) is 0. The van der Waals surface area contributed by atoms with Crippen LogP contribution in [0.4, 0.5) is 19.0 Å². The molecule has 2 saturated heterocycles. The molecule has 2 aliphatic heterocycles. The second-order valence-corrected chi connectivity index (χ2v) is 8.12. The molecular weight excluding hydrogens is 369 g/mol. The Kier molecular flexibility index (Phi) is 6.80. The third-order valence-corrected chi connectivity index (χ3v) is 5.76. The number of amides is 1. The molecule has 2 fully saturated rings. The number of anilines is 1. The molecule has 1 amide bonds. The second-order valence-electron chi connectivity index (χ2n) is 8.12. The number of alkyl halides is 3. The Balaban J connectivity index is 1.42. The van der Waals surface area contributed by atoms with Crippen molar-refractivity contribution in [2.75, 3.05) is 44.6 Å². The Bertz CT molecular complexity index is 634. The Morgan fingerprint density at radius 3 is 2.39 bits per heavy atom. The van der Waals surface area contributed by atoms with Crippen LogP contribution in [0.25, 0.3) is 0 Å². The molecule has 0 aromatic carbocycles. The number of rotatable bonds is 5. The summed E-state index contributed by atoms with van der Waals surface area (Å²) in [4.78, 5) is 20.2. The quantitative estimate of drug-likeness (QED) is 0.823. The molecule has 0 spiro atoms. The molecule has 1 N–H and O–H groups in total. The monoisotopic (exact) mass is 398 g/mol. The van der Waals surface area contributed by atoms with Gasteiger partial charge in [-0.15, -0.1) is 0 Å². The number of likely N-dealkylation sites (tertiary alicyclic amines) is 2. The van der Waals surface area contributed by atoms with Crippen LogP contribution in [0, 0.1) is 11.8 Å². The van der Waals surface area contributed by atoms with Crippen LogP contribution in [0.5, 0.6) is 0 Å². The van der Waals surface area contributed by atoms with E-state index in [9.17, 15) is 18.0 Å². The van der Waals surface area contributed by atoms with Gasteiger partial charge >= 0.3 is 6.18 Å². The van der Waals surface area contributed by atoms with Gasteiger partial charge in [-0.25, -0.2) is 4.98 Å². The minimum atomic E-state index is -4.12. The SMILES string of the molecule is CC1CCN(C(=O)c2ccc(NCC3CCN(CC(F)(F)F)CC3)nc2)CC1. The molecule has 0 radical (unpaired) electrons. The molecular formula is C20H29F3N4O. The van der Waals surface area contributed by atoms with E-state index >= 15 is 0 Å². The van der Waals surface area contributed by atoms with Crippen molar-refractivity contribution in [3.8, 4) is 0 Å². The lowest BCUT2D eigenvalue weighted by Crippen LogP contribution is -2.41. The van der Waals surface area contributed by atoms with E-state index in [-0.39, 0.29) is 5.91 Å². The summed E-state index contributed by atoms with van der Waals surface area (Å²) >= 11 is 0. The van der Waals surface area contributed by atoms with Gasteiger partial charge in [0, 0.05) is 25.8 Å². The number of halogens is 3. The zero-order valence-electron chi connectivity index (χ0n) is 16.3. The third-order valence-electron chi connectivity index (χ3n) is 5.76. The summed E-state index contributed by atoms with van der Waals surface area (Å²) in [5, 5.41) is 3.25. The molecule has 0 bridgehead atoms. The molecule has 0 aliphatic carbocycles. The number of nitrogens with zero attached hydrogens (tertiary/aromatic N) is 3. The van der Waals surface area contributed by atoms with Crippen LogP contribution in [0.15, 0.2) is 18.3 Å². The molecule has 156 valence electrons. The van der Waals surface area contributed by atoms with Gasteiger partial charge in [0.2, 0.25) is 0 Å². The van der Waals surface area contributed by atoms with Gasteiger partial charge in [-0.2, -0.15) is 13.2 Å². The van der Waals surface area contributed by atoms with Crippen molar-refractivity contribution in [2.24, 2.45) is 11.8 Å². The molecule has 28 heavy (non-hydrogen) atoms. The van der Waals surface area contributed by atoms with E-state index in [1.807, 2.05) is 4.90 Å². The highest BCUT2D eigenvalue weighted by molar-refractivity contribution is 5.94. The fraction of sp³-hybridized carbons (Fsp3) is 0.700. The van der Waals surface area contributed by atoms with Gasteiger partial charge in [0.1, 0.15) is 5.82 Å². The Morgan fingerprint density at radius 2 is 1.82 bits per heavy atom. The Morgan fingerprint density at radius 1 is 1.14 bits per heavy atom. The summed E-state index contributed by atoms with van der Waals surface area (Å²) in [6.07, 6.45) is 1.05. The van der Waals surface area contributed by atoms with Crippen molar-refractivity contribution in [3.05, 3.63) is 23.9 Å². The number of pyridine rings is 1. The van der Waals surface area contributed by atoms with Crippen molar-refractivity contribution >= 4 is 11.7 Å². The van der Waals surface area contributed by atoms with Crippen molar-refractivity contribution in [1.29, 1.82) is 0 Å². The normalized spacial score (nSPS) is 20.4. The highest BCUT2D eigenvalue weighted by Crippen LogP contribution is 2.23. The lowest BCUT2D eigenvalue weighted by atomic mass is 9.97. The molecule has 1 aromatic heterocycles. The fourth-order valence-electron chi connectivity index (χ4n) is 3.87. The van der Waals surface area contributed by atoms with Crippen LogP contribution in [-0.2, 0) is 0 Å². The molecule has 0 unspecified atom stereocenters. The third kappa shape index (κ3) is 6.09. The van der Waals surface area contributed by atoms with Crippen molar-refractivity contribution in [1.82, 2.24) is 14.8 Å². The van der Waals surface area contributed by atoms with Crippen LogP contribution >= 0.6 is 0 Å². The maximum atomic E-state index is 12.5. The van der Waals surface area contributed by atoms with E-state index in [4.69, 9.17) is 0 Å². The van der Waals surface area contributed by atoms with Gasteiger partial charge in [-0.1, -0.05) is 6.92 Å². The number of hydrogen-bond donors (Lipinski definition) is 1. The Hall–Kier alpha value is -1.83. The average molecular weight is 398 g/mol. The van der Waals surface area contributed by atoms with Gasteiger partial charge < -0.3 is 10.2 Å². The number of hydrogen-bond acceptors (Lipinski definition) is 4. The second kappa shape index (κ2) is 9.11. The maximum Gasteiger partial charge on any atom is 0.401 e. The Labute approximate surface area is 164 Å². The summed E-state index contributed by atoms with van der Waals surface area (Å²) in [5.74, 6) is 1.74. The van der Waals surface area contributed by atoms with Crippen LogP contribution in [0.3, 0.4) is 0 Å². The first-order valence-corrected chi connectivity index (χ1v) is 10.1. The van der Waals surface area contributed by atoms with Crippen LogP contribution in [0.1, 0.15) is 43.0 Å². The molecule has 2 aliphatic rings. The number of nitrogens with one attached hydrogen (secondary N) is 1. The highest BCUT2D eigenvalue weighted by atomic mass is 19.4. The molecule has 0 atom stereocenters. The number of aromatic nitrogens is 1. The van der Waals surface area contributed by atoms with Crippen molar-refractivity contribution in [2.45, 2.75) is 38.8 Å². The first-order chi connectivity index (χ1) is 13.3. The highest BCUT2D eigenvalue weighted by Gasteiger charge is 2.32. The summed E-state index contributed by atoms with van der Waals surface area (Å²) in [5.41, 5.74) is 0.598. The first-order valence-electron chi connectivity index (χ1n) is 10.1. The number of piperidine rings is 2. The number of carbonyl (C=O) groups excluding carboxylic acids is 1. The standard InChI is InChI=1S/C20H29F3N4O/c1-15-4-10-27(11-5-15)19(28)17-2-3-18(25-13-17)24-12-16-6-8-26(9-7-16)14-20(21,22)23/h2-3,13,15-16H,4-12,14H2,1H3,(H,24,25). The molecule has 3 rings (SSSR count). The summed E-state index contributed by atoms with van der Waals surface area (Å²) in [6.45, 7) is 4.62. The predicted octanol–water partition coefficient (Wildman–Crippen LogP) is 3.64. The largest absolute Gasteiger partial charge is 0.401 e. The van der Waals surface area contributed by atoms with Gasteiger partial charge in [0.05, 0.1) is 12.1 Å². The van der Waals surface area contributed by atoms with Gasteiger partial charge in [-0.05, 0) is 62.7 Å². The molecule has 1 aromatic rings. The van der Waals surface area contributed by atoms with Crippen LogP contribution in [-0.4, -0.2) is 66.1 Å². The predicted molar refractivity (Wildman–Crippen MR) is 102 cm³/mol. The molecule has 8 heteroatoms. The van der Waals surface area contributed by atoms with Crippen molar-refractivity contribution < 1.29 is 18.0 Å². The van der Waals surface area contributed by atoms with Crippen LogP contribution < -0.4 is 5.32 Å². The van der Waals surface area contributed by atoms with E-state index in [2.05, 4.69) is 17.2 Å². The fourth-order valence-corrected chi connectivity index (χ4v) is 3.87. The van der Waals surface area contributed by atoms with E-state index in [0.717, 1.165) is 38.8 Å². The summed E-state index contributed by atoms with van der Waals surface area (Å²) in [6, 6.07) is 3.60. The van der Waals surface area contributed by atoms with Crippen LogP contribution in [0.2, 0.25) is 0 Å². The van der Waals surface area contributed by atoms with Gasteiger partial charge in [-0.3, -0.25) is 9.69 Å². The zero-order valence-corrected chi connectivity index (χ0v) is 16.3. The van der Waals surface area contributed by atoms with E-state index in [1.54, 1.807) is 18.3 Å². The topological polar surface area (TPSA) is 48.5 Å². The maximum absolute atomic E-state index is 12.5. The van der Waals surface area contributed by atoms with E-state index in [0.29, 0.717) is 42.9 Å². The zero-order chi connectivity index (χ0) is 20.1. The smallest absolute Gasteiger partial charge is 0.370 e. The summed E-state index contributed by atoms with van der Waals surface area (Å²) < 4.78 is 37.3. The lowest BCUT2D eigenvalue weighted by Gasteiger charge is -2.32. The molecule has 0 saturated carbocycles. The molecule has 5 nitrogen and oxygen atoms in total. The van der Waals surface area contributed by atoms with E-state index in [1.165, 1.54) is 4.90 Å². The van der Waals surface area contributed by atoms with Gasteiger partial charge in [0.25, 0.3) is 5.91 Å². The minimum Gasteiger partial charge on any atom is -0.370 e. The van der Waals surface area contributed by atoms with E-state index < -0.39 is 12.7 Å². The van der Waals surface area contributed by atoms with Crippen molar-refractivity contribution in [3.63, 3.8) is 0 Å². The number of carbonyl (C=O) groups is 1. The minimum absolute atomic E-state index is 0.0305. The van der Waals surface area contributed by atoms with Gasteiger partial charge in [0.15, 0.2) is 0 Å². The molecule has 3 heterocycles. The average Bonchev–Trinajstić information content (AvgIpc) is 2.67. The lowest BCUT2D eigenvalue weighted by molar-refractivity contribution is -0.148.